The van der Waals surface area contributed by atoms with E-state index in [2.05, 4.69) is 35.9 Å². The van der Waals surface area contributed by atoms with Crippen molar-refractivity contribution in [3.63, 3.8) is 0 Å². The first kappa shape index (κ1) is 16.7. The molecule has 2 fully saturated rings. The average Bonchev–Trinajstić information content (AvgIpc) is 3.22. The van der Waals surface area contributed by atoms with E-state index in [4.69, 9.17) is 0 Å². The molecule has 0 unspecified atom stereocenters. The quantitative estimate of drug-likeness (QED) is 0.848. The van der Waals surface area contributed by atoms with Crippen molar-refractivity contribution in [3.8, 4) is 0 Å². The van der Waals surface area contributed by atoms with Gasteiger partial charge in [0, 0.05) is 38.0 Å². The maximum atomic E-state index is 12.1. The number of hydrogen-bond acceptors (Lipinski definition) is 5. The van der Waals surface area contributed by atoms with E-state index in [9.17, 15) is 4.79 Å². The van der Waals surface area contributed by atoms with Gasteiger partial charge in [-0.2, -0.15) is 0 Å². The van der Waals surface area contributed by atoms with Crippen molar-refractivity contribution >= 4 is 22.4 Å². The van der Waals surface area contributed by atoms with Gasteiger partial charge in [0.2, 0.25) is 11.0 Å². The number of hydrogen-bond donors (Lipinski definition) is 0. The van der Waals surface area contributed by atoms with Crippen LogP contribution < -0.4 is 4.90 Å². The second kappa shape index (κ2) is 6.38. The predicted molar refractivity (Wildman–Crippen MR) is 93.9 cm³/mol. The molecule has 3 rings (SSSR count). The molecule has 128 valence electrons. The number of rotatable bonds is 4. The minimum atomic E-state index is 0.0696. The third kappa shape index (κ3) is 4.03. The number of nitrogens with zero attached hydrogens (tertiary/aromatic N) is 4. The topological polar surface area (TPSA) is 49.3 Å². The van der Waals surface area contributed by atoms with Crippen LogP contribution in [-0.4, -0.2) is 47.7 Å². The Bertz CT molecular complexity index is 553. The molecule has 0 N–H and O–H groups in total. The number of aromatic nitrogens is 2. The molecule has 2 aliphatic rings. The fourth-order valence-electron chi connectivity index (χ4n) is 3.07. The van der Waals surface area contributed by atoms with Crippen LogP contribution in [0.1, 0.15) is 51.5 Å². The first-order valence-electron chi connectivity index (χ1n) is 8.68. The number of carbonyl (C=O) groups is 1. The second-order valence-electron chi connectivity index (χ2n) is 8.06. The van der Waals surface area contributed by atoms with Crippen LogP contribution in [0.25, 0.3) is 0 Å². The number of anilines is 1. The molecule has 1 saturated carbocycles. The van der Waals surface area contributed by atoms with E-state index in [-0.39, 0.29) is 5.41 Å². The molecule has 0 bridgehead atoms. The summed E-state index contributed by atoms with van der Waals surface area (Å²) >= 11 is 1.72. The molecule has 1 saturated heterocycles. The first-order chi connectivity index (χ1) is 10.8. The highest BCUT2D eigenvalue weighted by Gasteiger charge is 2.33. The molecular formula is C17H28N4OS. The lowest BCUT2D eigenvalue weighted by Gasteiger charge is -2.33. The maximum absolute atomic E-state index is 12.1. The normalized spacial score (nSPS) is 19.9. The summed E-state index contributed by atoms with van der Waals surface area (Å²) in [5, 5.41) is 10.9. The SMILES string of the molecule is CN(CC1CCN(c2nnc(C(C)(C)C)s2)CC1)C(=O)C1CC1. The summed E-state index contributed by atoms with van der Waals surface area (Å²) in [5.41, 5.74) is 0.0696. The highest BCUT2D eigenvalue weighted by molar-refractivity contribution is 7.15. The summed E-state index contributed by atoms with van der Waals surface area (Å²) in [7, 11) is 1.97. The smallest absolute Gasteiger partial charge is 0.225 e. The molecule has 0 spiro atoms. The highest BCUT2D eigenvalue weighted by atomic mass is 32.1. The molecule has 1 aromatic rings. The molecule has 0 atom stereocenters. The molecule has 1 aliphatic carbocycles. The van der Waals surface area contributed by atoms with Crippen LogP contribution in [0.5, 0.6) is 0 Å². The fraction of sp³-hybridized carbons (Fsp3) is 0.824. The summed E-state index contributed by atoms with van der Waals surface area (Å²) in [4.78, 5) is 16.4. The maximum Gasteiger partial charge on any atom is 0.225 e. The Morgan fingerprint density at radius 1 is 1.22 bits per heavy atom. The molecular weight excluding hydrogens is 308 g/mol. The van der Waals surface area contributed by atoms with E-state index in [1.165, 1.54) is 0 Å². The summed E-state index contributed by atoms with van der Waals surface area (Å²) < 4.78 is 0. The Morgan fingerprint density at radius 3 is 2.39 bits per heavy atom. The third-order valence-corrected chi connectivity index (χ3v) is 6.19. The Labute approximate surface area is 143 Å². The van der Waals surface area contributed by atoms with Crippen molar-refractivity contribution in [1.29, 1.82) is 0 Å². The predicted octanol–water partition coefficient (Wildman–Crippen LogP) is 2.92. The summed E-state index contributed by atoms with van der Waals surface area (Å²) in [6.07, 6.45) is 4.45. The van der Waals surface area contributed by atoms with Crippen molar-refractivity contribution in [2.75, 3.05) is 31.6 Å². The van der Waals surface area contributed by atoms with Gasteiger partial charge in [0.1, 0.15) is 5.01 Å². The molecule has 1 aromatic heterocycles. The Kier molecular flexibility index (Phi) is 4.63. The fourth-order valence-corrected chi connectivity index (χ4v) is 4.03. The Balaban J connectivity index is 1.50. The van der Waals surface area contributed by atoms with Crippen molar-refractivity contribution in [1.82, 2.24) is 15.1 Å². The van der Waals surface area contributed by atoms with Crippen LogP contribution in [0, 0.1) is 11.8 Å². The van der Waals surface area contributed by atoms with E-state index in [0.29, 0.717) is 17.7 Å². The van der Waals surface area contributed by atoms with Gasteiger partial charge in [-0.25, -0.2) is 0 Å². The van der Waals surface area contributed by atoms with Crippen LogP contribution >= 0.6 is 11.3 Å². The van der Waals surface area contributed by atoms with Crippen molar-refractivity contribution in [3.05, 3.63) is 5.01 Å². The first-order valence-corrected chi connectivity index (χ1v) is 9.50. The zero-order valence-corrected chi connectivity index (χ0v) is 15.5. The van der Waals surface area contributed by atoms with E-state index in [1.54, 1.807) is 11.3 Å². The second-order valence-corrected chi connectivity index (χ2v) is 9.02. The van der Waals surface area contributed by atoms with Gasteiger partial charge in [-0.3, -0.25) is 4.79 Å². The van der Waals surface area contributed by atoms with Gasteiger partial charge in [0.05, 0.1) is 0 Å². The van der Waals surface area contributed by atoms with Gasteiger partial charge in [-0.15, -0.1) is 10.2 Å². The molecule has 5 nitrogen and oxygen atoms in total. The summed E-state index contributed by atoms with van der Waals surface area (Å²) in [6, 6.07) is 0. The summed E-state index contributed by atoms with van der Waals surface area (Å²) in [6.45, 7) is 9.49. The van der Waals surface area contributed by atoms with Gasteiger partial charge < -0.3 is 9.80 Å². The van der Waals surface area contributed by atoms with Crippen LogP contribution in [-0.2, 0) is 10.2 Å². The van der Waals surface area contributed by atoms with Crippen molar-refractivity contribution in [2.24, 2.45) is 11.8 Å². The minimum Gasteiger partial charge on any atom is -0.347 e. The van der Waals surface area contributed by atoms with Gasteiger partial charge in [0.15, 0.2) is 0 Å². The lowest BCUT2D eigenvalue weighted by molar-refractivity contribution is -0.131. The van der Waals surface area contributed by atoms with Gasteiger partial charge >= 0.3 is 0 Å². The number of piperidine rings is 1. The zero-order chi connectivity index (χ0) is 16.6. The van der Waals surface area contributed by atoms with Crippen molar-refractivity contribution in [2.45, 2.75) is 51.9 Å². The number of amides is 1. The molecule has 23 heavy (non-hydrogen) atoms. The van der Waals surface area contributed by atoms with E-state index in [0.717, 1.165) is 55.5 Å². The van der Waals surface area contributed by atoms with E-state index < -0.39 is 0 Å². The monoisotopic (exact) mass is 336 g/mol. The van der Waals surface area contributed by atoms with Gasteiger partial charge in [-0.1, -0.05) is 32.1 Å². The molecule has 2 heterocycles. The average molecular weight is 337 g/mol. The van der Waals surface area contributed by atoms with E-state index >= 15 is 0 Å². The van der Waals surface area contributed by atoms with Crippen molar-refractivity contribution < 1.29 is 4.79 Å². The summed E-state index contributed by atoms with van der Waals surface area (Å²) in [5.74, 6) is 1.30. The number of carbonyl (C=O) groups excluding carboxylic acids is 1. The Morgan fingerprint density at radius 2 is 1.87 bits per heavy atom. The third-order valence-electron chi connectivity index (χ3n) is 4.78. The molecule has 0 aromatic carbocycles. The van der Waals surface area contributed by atoms with E-state index in [1.807, 2.05) is 11.9 Å². The lowest BCUT2D eigenvalue weighted by Crippen LogP contribution is -2.39. The van der Waals surface area contributed by atoms with Crippen LogP contribution in [0.3, 0.4) is 0 Å². The lowest BCUT2D eigenvalue weighted by atomic mass is 9.96. The molecule has 0 radical (unpaired) electrons. The molecule has 6 heteroatoms. The highest BCUT2D eigenvalue weighted by Crippen LogP contribution is 2.33. The van der Waals surface area contributed by atoms with Gasteiger partial charge in [-0.05, 0) is 31.6 Å². The molecule has 1 aliphatic heterocycles. The largest absolute Gasteiger partial charge is 0.347 e. The Hall–Kier alpha value is -1.17. The minimum absolute atomic E-state index is 0.0696. The van der Waals surface area contributed by atoms with Gasteiger partial charge in [0.25, 0.3) is 0 Å². The van der Waals surface area contributed by atoms with Crippen LogP contribution in [0.2, 0.25) is 0 Å². The standard InChI is InChI=1S/C17H28N4OS/c1-17(2,3)15-18-19-16(23-15)21-9-7-12(8-10-21)11-20(4)14(22)13-5-6-13/h12-13H,5-11H2,1-4H3. The zero-order valence-electron chi connectivity index (χ0n) is 14.7. The van der Waals surface area contributed by atoms with Crippen LogP contribution in [0.15, 0.2) is 0 Å². The van der Waals surface area contributed by atoms with Crippen LogP contribution in [0.4, 0.5) is 5.13 Å². The molecule has 1 amide bonds.